The summed E-state index contributed by atoms with van der Waals surface area (Å²) in [5.41, 5.74) is 1.85. The van der Waals surface area contributed by atoms with Crippen molar-refractivity contribution in [1.82, 2.24) is 20.1 Å². The number of carbonyl (C=O) groups is 1. The molecule has 0 spiro atoms. The highest BCUT2D eigenvalue weighted by atomic mass is 35.5. The first-order valence-corrected chi connectivity index (χ1v) is 8.92. The van der Waals surface area contributed by atoms with Crippen LogP contribution in [0.25, 0.3) is 21.8 Å². The Bertz CT molecular complexity index is 1210. The zero-order chi connectivity index (χ0) is 19.0. The highest BCUT2D eigenvalue weighted by Gasteiger charge is 2.22. The first-order chi connectivity index (χ1) is 13.1. The predicted octanol–water partition coefficient (Wildman–Crippen LogP) is 3.41. The van der Waals surface area contributed by atoms with E-state index >= 15 is 0 Å². The summed E-state index contributed by atoms with van der Waals surface area (Å²) in [6, 6.07) is 14.4. The minimum Gasteiger partial charge on any atom is -0.350 e. The molecule has 2 heterocycles. The summed E-state index contributed by atoms with van der Waals surface area (Å²) in [6.45, 7) is 2.14. The number of benzene rings is 2. The first-order valence-electron chi connectivity index (χ1n) is 8.54. The van der Waals surface area contributed by atoms with E-state index in [0.29, 0.717) is 17.1 Å². The summed E-state index contributed by atoms with van der Waals surface area (Å²) < 4.78 is 1.76. The molecule has 0 saturated carbocycles. The zero-order valence-corrected chi connectivity index (χ0v) is 15.3. The fraction of sp³-hybridized carbons (Fsp3) is 0.150. The highest BCUT2D eigenvalue weighted by molar-refractivity contribution is 6.30. The number of hydrogen-bond donors (Lipinski definition) is 2. The summed E-state index contributed by atoms with van der Waals surface area (Å²) >= 11 is 5.99. The molecule has 0 aliphatic heterocycles. The van der Waals surface area contributed by atoms with Crippen LogP contribution in [-0.4, -0.2) is 20.7 Å². The zero-order valence-electron chi connectivity index (χ0n) is 14.6. The molecule has 4 aromatic rings. The molecular formula is C20H17ClN4O2. The molecule has 6 nitrogen and oxygen atoms in total. The van der Waals surface area contributed by atoms with Crippen LogP contribution in [0.2, 0.25) is 5.02 Å². The van der Waals surface area contributed by atoms with Crippen molar-refractivity contribution in [2.75, 3.05) is 0 Å². The lowest BCUT2D eigenvalue weighted by atomic mass is 10.2. The number of nitrogens with one attached hydrogen (secondary N) is 2. The molecule has 1 amide bonds. The topological polar surface area (TPSA) is 79.8 Å². The third kappa shape index (κ3) is 3.08. The molecule has 2 aromatic carbocycles. The van der Waals surface area contributed by atoms with Crippen molar-refractivity contribution in [3.63, 3.8) is 0 Å². The number of aromatic nitrogens is 3. The third-order valence-corrected chi connectivity index (χ3v) is 4.88. The van der Waals surface area contributed by atoms with E-state index in [1.807, 2.05) is 42.5 Å². The van der Waals surface area contributed by atoms with Crippen molar-refractivity contribution >= 4 is 39.3 Å². The van der Waals surface area contributed by atoms with Gasteiger partial charge in [-0.3, -0.25) is 9.59 Å². The van der Waals surface area contributed by atoms with E-state index in [9.17, 15) is 9.59 Å². The Hall–Kier alpha value is -3.12. The highest BCUT2D eigenvalue weighted by Crippen LogP contribution is 2.29. The van der Waals surface area contributed by atoms with E-state index in [2.05, 4.69) is 15.5 Å². The van der Waals surface area contributed by atoms with E-state index in [0.717, 1.165) is 21.9 Å². The summed E-state index contributed by atoms with van der Waals surface area (Å²) in [5.74, 6) is -0.186. The lowest BCUT2D eigenvalue weighted by Gasteiger charge is -2.16. The number of H-pyrrole nitrogens is 1. The molecule has 0 bridgehead atoms. The maximum atomic E-state index is 12.8. The minimum absolute atomic E-state index is 0.186. The molecule has 136 valence electrons. The second kappa shape index (κ2) is 6.89. The van der Waals surface area contributed by atoms with Gasteiger partial charge in [-0.05, 0) is 30.7 Å². The molecule has 0 aliphatic carbocycles. The average Bonchev–Trinajstić information content (AvgIpc) is 3.01. The van der Waals surface area contributed by atoms with Crippen LogP contribution in [0, 0.1) is 0 Å². The summed E-state index contributed by atoms with van der Waals surface area (Å²) in [4.78, 5) is 25.2. The van der Waals surface area contributed by atoms with Gasteiger partial charge in [0.25, 0.3) is 5.56 Å². The van der Waals surface area contributed by atoms with Crippen molar-refractivity contribution in [2.45, 2.75) is 19.5 Å². The second-order valence-corrected chi connectivity index (χ2v) is 6.81. The van der Waals surface area contributed by atoms with E-state index < -0.39 is 6.04 Å². The van der Waals surface area contributed by atoms with Crippen molar-refractivity contribution < 1.29 is 4.79 Å². The van der Waals surface area contributed by atoms with Gasteiger partial charge in [0.15, 0.2) is 0 Å². The van der Waals surface area contributed by atoms with Crippen LogP contribution in [0.15, 0.2) is 59.5 Å². The monoisotopic (exact) mass is 380 g/mol. The number of fused-ring (bicyclic) bond motifs is 3. The predicted molar refractivity (Wildman–Crippen MR) is 106 cm³/mol. The largest absolute Gasteiger partial charge is 0.350 e. The van der Waals surface area contributed by atoms with Gasteiger partial charge in [0.05, 0.1) is 11.7 Å². The molecule has 2 aromatic heterocycles. The molecule has 2 N–H and O–H groups in total. The molecule has 27 heavy (non-hydrogen) atoms. The van der Waals surface area contributed by atoms with Crippen LogP contribution in [0.4, 0.5) is 0 Å². The molecule has 0 unspecified atom stereocenters. The molecule has 4 rings (SSSR count). The molecule has 0 saturated heterocycles. The van der Waals surface area contributed by atoms with Crippen molar-refractivity contribution in [2.24, 2.45) is 0 Å². The molecule has 7 heteroatoms. The summed E-state index contributed by atoms with van der Waals surface area (Å²) in [6.07, 6.45) is 1.62. The number of rotatable bonds is 4. The Labute approximate surface area is 159 Å². The van der Waals surface area contributed by atoms with E-state index in [-0.39, 0.29) is 11.5 Å². The van der Waals surface area contributed by atoms with E-state index in [1.54, 1.807) is 23.8 Å². The standard InChI is InChI=1S/C20H17ClN4O2/c1-12(19(26)22-10-13-5-4-6-14(21)9-13)25-17-8-3-2-7-15(17)16-11-23-24-20(27)18(16)25/h2-9,11-12H,10H2,1H3,(H,22,26)(H,24,27)/t12-/m1/s1. The van der Waals surface area contributed by atoms with Gasteiger partial charge in [-0.15, -0.1) is 0 Å². The number of nitrogens with zero attached hydrogens (tertiary/aromatic N) is 2. The number of halogens is 1. The normalized spacial score (nSPS) is 12.4. The van der Waals surface area contributed by atoms with Gasteiger partial charge in [-0.25, -0.2) is 5.10 Å². The Morgan fingerprint density at radius 3 is 2.85 bits per heavy atom. The first kappa shape index (κ1) is 17.3. The van der Waals surface area contributed by atoms with Crippen LogP contribution in [0.3, 0.4) is 0 Å². The van der Waals surface area contributed by atoms with Gasteiger partial charge in [0.1, 0.15) is 11.6 Å². The molecule has 0 fully saturated rings. The fourth-order valence-corrected chi connectivity index (χ4v) is 3.58. The maximum absolute atomic E-state index is 12.8. The van der Waals surface area contributed by atoms with Crippen molar-refractivity contribution in [3.8, 4) is 0 Å². The van der Waals surface area contributed by atoms with Crippen LogP contribution < -0.4 is 10.9 Å². The van der Waals surface area contributed by atoms with Crippen LogP contribution in [-0.2, 0) is 11.3 Å². The molecular weight excluding hydrogens is 364 g/mol. The second-order valence-electron chi connectivity index (χ2n) is 6.37. The molecule has 1 atom stereocenters. The smallest absolute Gasteiger partial charge is 0.288 e. The lowest BCUT2D eigenvalue weighted by Crippen LogP contribution is -2.31. The Kier molecular flexibility index (Phi) is 4.41. The Morgan fingerprint density at radius 1 is 1.22 bits per heavy atom. The van der Waals surface area contributed by atoms with Gasteiger partial charge in [0.2, 0.25) is 5.91 Å². The maximum Gasteiger partial charge on any atom is 0.288 e. The Balaban J connectivity index is 1.72. The number of amides is 1. The number of carbonyl (C=O) groups excluding carboxylic acids is 1. The summed E-state index contributed by atoms with van der Waals surface area (Å²) in [5, 5.41) is 11.5. The van der Waals surface area contributed by atoms with Crippen molar-refractivity contribution in [3.05, 3.63) is 75.7 Å². The fourth-order valence-electron chi connectivity index (χ4n) is 3.36. The number of aromatic amines is 1. The number of hydrogen-bond acceptors (Lipinski definition) is 3. The average molecular weight is 381 g/mol. The molecule has 0 aliphatic rings. The SMILES string of the molecule is C[C@H](C(=O)NCc1cccc(Cl)c1)n1c2ccccc2c2cn[nH]c(=O)c21. The third-order valence-electron chi connectivity index (χ3n) is 4.65. The van der Waals surface area contributed by atoms with Crippen LogP contribution in [0.5, 0.6) is 0 Å². The van der Waals surface area contributed by atoms with E-state index in [4.69, 9.17) is 11.6 Å². The van der Waals surface area contributed by atoms with Crippen LogP contribution >= 0.6 is 11.6 Å². The van der Waals surface area contributed by atoms with Gasteiger partial charge in [0, 0.05) is 22.3 Å². The van der Waals surface area contributed by atoms with Gasteiger partial charge >= 0.3 is 0 Å². The van der Waals surface area contributed by atoms with Gasteiger partial charge in [-0.1, -0.05) is 41.9 Å². The lowest BCUT2D eigenvalue weighted by molar-refractivity contribution is -0.123. The summed E-state index contributed by atoms with van der Waals surface area (Å²) in [7, 11) is 0. The van der Waals surface area contributed by atoms with Gasteiger partial charge < -0.3 is 9.88 Å². The Morgan fingerprint density at radius 2 is 2.04 bits per heavy atom. The van der Waals surface area contributed by atoms with Gasteiger partial charge in [-0.2, -0.15) is 5.10 Å². The van der Waals surface area contributed by atoms with Crippen LogP contribution in [0.1, 0.15) is 18.5 Å². The van der Waals surface area contributed by atoms with E-state index in [1.165, 1.54) is 0 Å². The quantitative estimate of drug-likeness (QED) is 0.569. The number of para-hydroxylation sites is 1. The van der Waals surface area contributed by atoms with Crippen molar-refractivity contribution in [1.29, 1.82) is 0 Å². The minimum atomic E-state index is -0.574. The molecule has 0 radical (unpaired) electrons.